The van der Waals surface area contributed by atoms with Gasteiger partial charge in [-0.05, 0) is 53.7 Å². The summed E-state index contributed by atoms with van der Waals surface area (Å²) in [5.74, 6) is -2.16. The molecule has 2 N–H and O–H groups in total. The van der Waals surface area contributed by atoms with Gasteiger partial charge in [0.2, 0.25) is 0 Å². The molecule has 1 aliphatic carbocycles. The van der Waals surface area contributed by atoms with E-state index in [9.17, 15) is 24.8 Å². The van der Waals surface area contributed by atoms with Crippen molar-refractivity contribution in [1.29, 1.82) is 0 Å². The number of nitro groups is 1. The van der Waals surface area contributed by atoms with Crippen LogP contribution in [0.5, 0.6) is 0 Å². The standard InChI is InChI=1S/C28H23N3O5/c32-27(21-14-8-16-23(31(35)36)24(21)28(33)34)30-26(19-11-5-2-6-12-19)22-15-7-13-20(25(22)29-30)17-18-9-3-1-4-10-18/h1-6,8-12,14,16-17,26,29H,7,13,15H2,(H,33,34)/b20-17+/t26-/m0/s1. The van der Waals surface area contributed by atoms with Crippen LogP contribution in [0.15, 0.2) is 95.7 Å². The predicted octanol–water partition coefficient (Wildman–Crippen LogP) is 5.52. The summed E-state index contributed by atoms with van der Waals surface area (Å²) in [7, 11) is 0. The molecule has 0 saturated carbocycles. The van der Waals surface area contributed by atoms with Crippen molar-refractivity contribution in [2.75, 3.05) is 0 Å². The van der Waals surface area contributed by atoms with Gasteiger partial charge in [-0.2, -0.15) is 0 Å². The maximum Gasteiger partial charge on any atom is 0.343 e. The first kappa shape index (κ1) is 23.0. The Bertz CT molecular complexity index is 1410. The highest BCUT2D eigenvalue weighted by molar-refractivity contribution is 6.07. The molecule has 0 fully saturated rings. The van der Waals surface area contributed by atoms with E-state index in [-0.39, 0.29) is 5.56 Å². The van der Waals surface area contributed by atoms with Crippen LogP contribution in [0.1, 0.15) is 57.1 Å². The summed E-state index contributed by atoms with van der Waals surface area (Å²) in [6, 6.07) is 22.7. The van der Waals surface area contributed by atoms with Crippen LogP contribution in [-0.4, -0.2) is 26.9 Å². The van der Waals surface area contributed by atoms with Gasteiger partial charge in [0.15, 0.2) is 0 Å². The van der Waals surface area contributed by atoms with Gasteiger partial charge >= 0.3 is 5.97 Å². The number of hydrogen-bond donors (Lipinski definition) is 2. The Morgan fingerprint density at radius 1 is 0.972 bits per heavy atom. The molecule has 1 heterocycles. The van der Waals surface area contributed by atoms with Gasteiger partial charge in [-0.3, -0.25) is 20.3 Å². The molecule has 1 atom stereocenters. The molecule has 3 aromatic carbocycles. The molecule has 36 heavy (non-hydrogen) atoms. The minimum absolute atomic E-state index is 0.237. The molecule has 0 spiro atoms. The Labute approximate surface area is 207 Å². The molecule has 180 valence electrons. The van der Waals surface area contributed by atoms with Gasteiger partial charge in [-0.1, -0.05) is 66.7 Å². The Hall–Kier alpha value is -4.72. The fraction of sp³-hybridized carbons (Fsp3) is 0.143. The molecule has 0 unspecified atom stereocenters. The first-order chi connectivity index (χ1) is 17.5. The number of benzene rings is 3. The average molecular weight is 482 g/mol. The Morgan fingerprint density at radius 2 is 1.67 bits per heavy atom. The lowest BCUT2D eigenvalue weighted by molar-refractivity contribution is -0.385. The third-order valence-electron chi connectivity index (χ3n) is 6.51. The highest BCUT2D eigenvalue weighted by Gasteiger charge is 2.41. The molecule has 3 aromatic rings. The van der Waals surface area contributed by atoms with Gasteiger partial charge in [-0.15, -0.1) is 0 Å². The number of carbonyl (C=O) groups excluding carboxylic acids is 1. The molecular weight excluding hydrogens is 458 g/mol. The smallest absolute Gasteiger partial charge is 0.343 e. The number of carboxylic acid groups (broad SMARTS) is 1. The van der Waals surface area contributed by atoms with Crippen LogP contribution in [0, 0.1) is 10.1 Å². The number of rotatable bonds is 5. The minimum atomic E-state index is -1.52. The number of carboxylic acids is 1. The summed E-state index contributed by atoms with van der Waals surface area (Å²) in [5, 5.41) is 22.7. The van der Waals surface area contributed by atoms with E-state index in [2.05, 4.69) is 11.5 Å². The maximum atomic E-state index is 13.9. The third kappa shape index (κ3) is 4.13. The average Bonchev–Trinajstić information content (AvgIpc) is 3.29. The Kier molecular flexibility index (Phi) is 6.08. The van der Waals surface area contributed by atoms with Gasteiger partial charge in [0.1, 0.15) is 11.6 Å². The van der Waals surface area contributed by atoms with Gasteiger partial charge in [-0.25, -0.2) is 9.80 Å². The number of allylic oxidation sites excluding steroid dienone is 1. The summed E-state index contributed by atoms with van der Waals surface area (Å²) in [5.41, 5.74) is 6.61. The van der Waals surface area contributed by atoms with Crippen molar-refractivity contribution < 1.29 is 19.6 Å². The zero-order chi connectivity index (χ0) is 25.2. The van der Waals surface area contributed by atoms with Crippen LogP contribution in [-0.2, 0) is 0 Å². The quantitative estimate of drug-likeness (QED) is 0.367. The van der Waals surface area contributed by atoms with Crippen LogP contribution in [0.4, 0.5) is 5.69 Å². The van der Waals surface area contributed by atoms with Gasteiger partial charge in [0.25, 0.3) is 11.6 Å². The largest absolute Gasteiger partial charge is 0.477 e. The predicted molar refractivity (Wildman–Crippen MR) is 134 cm³/mol. The van der Waals surface area contributed by atoms with E-state index in [4.69, 9.17) is 0 Å². The zero-order valence-electron chi connectivity index (χ0n) is 19.3. The van der Waals surface area contributed by atoms with Crippen LogP contribution >= 0.6 is 0 Å². The highest BCUT2D eigenvalue weighted by Crippen LogP contribution is 2.44. The molecule has 8 heteroatoms. The Balaban J connectivity index is 1.62. The van der Waals surface area contributed by atoms with Crippen LogP contribution in [0.2, 0.25) is 0 Å². The van der Waals surface area contributed by atoms with E-state index >= 15 is 0 Å². The van der Waals surface area contributed by atoms with E-state index in [1.807, 2.05) is 60.7 Å². The number of aromatic carboxylic acids is 1. The van der Waals surface area contributed by atoms with E-state index in [0.717, 1.165) is 53.3 Å². The third-order valence-corrected chi connectivity index (χ3v) is 6.51. The van der Waals surface area contributed by atoms with Gasteiger partial charge < -0.3 is 5.11 Å². The number of nitrogens with zero attached hydrogens (tertiary/aromatic N) is 2. The monoisotopic (exact) mass is 481 g/mol. The molecule has 0 saturated heterocycles. The number of nitrogens with one attached hydrogen (secondary N) is 1. The van der Waals surface area contributed by atoms with E-state index in [0.29, 0.717) is 0 Å². The second-order valence-corrected chi connectivity index (χ2v) is 8.70. The molecule has 1 amide bonds. The minimum Gasteiger partial charge on any atom is -0.477 e. The first-order valence-corrected chi connectivity index (χ1v) is 11.6. The number of hydrazine groups is 1. The summed E-state index contributed by atoms with van der Waals surface area (Å²) >= 11 is 0. The topological polar surface area (TPSA) is 113 Å². The molecule has 2 aliphatic rings. The van der Waals surface area contributed by atoms with Gasteiger partial charge in [0.05, 0.1) is 16.2 Å². The van der Waals surface area contributed by atoms with Crippen LogP contribution in [0.3, 0.4) is 0 Å². The molecule has 5 rings (SSSR count). The summed E-state index contributed by atoms with van der Waals surface area (Å²) < 4.78 is 0. The summed E-state index contributed by atoms with van der Waals surface area (Å²) in [4.78, 5) is 36.6. The van der Waals surface area contributed by atoms with Crippen molar-refractivity contribution in [3.63, 3.8) is 0 Å². The number of carbonyl (C=O) groups is 2. The zero-order valence-corrected chi connectivity index (χ0v) is 19.3. The summed E-state index contributed by atoms with van der Waals surface area (Å²) in [6.07, 6.45) is 4.58. The SMILES string of the molecule is O=C(O)c1c(C(=O)N2NC3=C(CCC/C3=C\c3ccccc3)[C@@H]2c2ccccc2)cccc1[N+](=O)[O-]. The first-order valence-electron chi connectivity index (χ1n) is 11.6. The van der Waals surface area contributed by atoms with Crippen LogP contribution < -0.4 is 5.43 Å². The maximum absolute atomic E-state index is 13.9. The lowest BCUT2D eigenvalue weighted by atomic mass is 9.85. The normalized spacial score (nSPS) is 18.1. The van der Waals surface area contributed by atoms with E-state index < -0.39 is 34.1 Å². The molecule has 1 aliphatic heterocycles. The molecule has 8 nitrogen and oxygen atoms in total. The van der Waals surface area contributed by atoms with E-state index in [1.165, 1.54) is 17.1 Å². The van der Waals surface area contributed by atoms with Crippen molar-refractivity contribution in [3.05, 3.63) is 128 Å². The fourth-order valence-electron chi connectivity index (χ4n) is 4.96. The second-order valence-electron chi connectivity index (χ2n) is 8.70. The van der Waals surface area contributed by atoms with Crippen molar-refractivity contribution in [2.24, 2.45) is 0 Å². The fourth-order valence-corrected chi connectivity index (χ4v) is 4.96. The van der Waals surface area contributed by atoms with Gasteiger partial charge in [0, 0.05) is 6.07 Å². The Morgan fingerprint density at radius 3 is 2.33 bits per heavy atom. The highest BCUT2D eigenvalue weighted by atomic mass is 16.6. The lowest BCUT2D eigenvalue weighted by Crippen LogP contribution is -2.41. The number of nitro benzene ring substituents is 1. The van der Waals surface area contributed by atoms with E-state index in [1.54, 1.807) is 0 Å². The lowest BCUT2D eigenvalue weighted by Gasteiger charge is -2.27. The molecule has 0 radical (unpaired) electrons. The number of amides is 1. The summed E-state index contributed by atoms with van der Waals surface area (Å²) in [6.45, 7) is 0. The van der Waals surface area contributed by atoms with Crippen LogP contribution in [0.25, 0.3) is 6.08 Å². The molecule has 0 aromatic heterocycles. The number of hydrogen-bond acceptors (Lipinski definition) is 5. The van der Waals surface area contributed by atoms with Crippen molar-refractivity contribution >= 4 is 23.6 Å². The molecule has 0 bridgehead atoms. The van der Waals surface area contributed by atoms with Crippen molar-refractivity contribution in [2.45, 2.75) is 25.3 Å². The van der Waals surface area contributed by atoms with Crippen molar-refractivity contribution in [1.82, 2.24) is 10.4 Å². The molecular formula is C28H23N3O5. The second kappa shape index (κ2) is 9.50. The van der Waals surface area contributed by atoms with Crippen molar-refractivity contribution in [3.8, 4) is 0 Å².